The molecule has 0 fully saturated rings. The maximum atomic E-state index is 12.1. The van der Waals surface area contributed by atoms with Crippen LogP contribution in [0.3, 0.4) is 0 Å². The van der Waals surface area contributed by atoms with E-state index in [2.05, 4.69) is 37.9 Å². The maximum Gasteiger partial charge on any atom is 0.407 e. The highest BCUT2D eigenvalue weighted by Crippen LogP contribution is 2.44. The Morgan fingerprint density at radius 3 is 2.56 bits per heavy atom. The zero-order valence-corrected chi connectivity index (χ0v) is 20.0. The number of ketones is 1. The molecule has 1 aliphatic rings. The van der Waals surface area contributed by atoms with E-state index in [0.717, 1.165) is 27.9 Å². The molecule has 1 aliphatic heterocycles. The van der Waals surface area contributed by atoms with Gasteiger partial charge in [-0.25, -0.2) is 4.79 Å². The van der Waals surface area contributed by atoms with Crippen molar-refractivity contribution < 1.29 is 19.4 Å². The average Bonchev–Trinajstić information content (AvgIpc) is 2.81. The van der Waals surface area contributed by atoms with Crippen LogP contribution in [0.25, 0.3) is 11.1 Å². The molecule has 0 radical (unpaired) electrons. The minimum absolute atomic E-state index is 0.0277. The number of hydrogen-bond donors (Lipinski definition) is 1. The van der Waals surface area contributed by atoms with Crippen molar-refractivity contribution in [2.45, 2.75) is 46.8 Å². The van der Waals surface area contributed by atoms with Crippen LogP contribution in [0.2, 0.25) is 0 Å². The van der Waals surface area contributed by atoms with Gasteiger partial charge in [0, 0.05) is 23.9 Å². The van der Waals surface area contributed by atoms with Crippen LogP contribution in [0.1, 0.15) is 60.9 Å². The summed E-state index contributed by atoms with van der Waals surface area (Å²) >= 11 is 0. The fourth-order valence-electron chi connectivity index (χ4n) is 4.66. The summed E-state index contributed by atoms with van der Waals surface area (Å²) in [6, 6.07) is 17.0. The van der Waals surface area contributed by atoms with Crippen LogP contribution in [-0.4, -0.2) is 33.4 Å². The van der Waals surface area contributed by atoms with Crippen molar-refractivity contribution >= 4 is 11.9 Å². The highest BCUT2D eigenvalue weighted by atomic mass is 16.5. The molecule has 2 aromatic carbocycles. The first-order chi connectivity index (χ1) is 16.1. The van der Waals surface area contributed by atoms with Gasteiger partial charge in [-0.2, -0.15) is 0 Å². The third-order valence-corrected chi connectivity index (χ3v) is 6.24. The van der Waals surface area contributed by atoms with Crippen molar-refractivity contribution in [2.75, 3.05) is 6.54 Å². The maximum absolute atomic E-state index is 12.1. The van der Waals surface area contributed by atoms with Crippen LogP contribution < -0.4 is 4.74 Å². The molecule has 0 saturated carbocycles. The number of carboxylic acid groups (broad SMARTS) is 1. The van der Waals surface area contributed by atoms with Crippen molar-refractivity contribution in [2.24, 2.45) is 5.41 Å². The normalized spacial score (nSPS) is 15.5. The number of benzene rings is 2. The molecule has 0 saturated heterocycles. The van der Waals surface area contributed by atoms with Gasteiger partial charge < -0.3 is 14.7 Å². The number of ether oxygens (including phenoxy) is 1. The van der Waals surface area contributed by atoms with Crippen LogP contribution in [0.5, 0.6) is 5.75 Å². The first kappa shape index (κ1) is 23.5. The monoisotopic (exact) mass is 458 g/mol. The van der Waals surface area contributed by atoms with Crippen molar-refractivity contribution in [1.29, 1.82) is 0 Å². The van der Waals surface area contributed by atoms with Gasteiger partial charge in [0.15, 0.2) is 5.78 Å². The second-order valence-electron chi connectivity index (χ2n) is 9.78. The van der Waals surface area contributed by atoms with Crippen LogP contribution in [0, 0.1) is 5.41 Å². The predicted octanol–water partition coefficient (Wildman–Crippen LogP) is 6.15. The molecule has 4 rings (SSSR count). The molecular weight excluding hydrogens is 428 g/mol. The minimum atomic E-state index is -0.908. The third kappa shape index (κ3) is 4.81. The van der Waals surface area contributed by atoms with E-state index in [4.69, 9.17) is 4.74 Å². The smallest absolute Gasteiger partial charge is 0.407 e. The molecule has 1 N–H and O–H groups in total. The van der Waals surface area contributed by atoms with E-state index in [9.17, 15) is 14.7 Å². The molecular formula is C28H30N2O4. The summed E-state index contributed by atoms with van der Waals surface area (Å²) in [4.78, 5) is 30.0. The summed E-state index contributed by atoms with van der Waals surface area (Å²) in [6.07, 6.45) is 1.49. The summed E-state index contributed by atoms with van der Waals surface area (Å²) in [5.74, 6) is 0.619. The van der Waals surface area contributed by atoms with Gasteiger partial charge in [0.05, 0.1) is 11.7 Å². The largest absolute Gasteiger partial charge is 0.487 e. The van der Waals surface area contributed by atoms with Crippen LogP contribution in [-0.2, 0) is 13.0 Å². The highest BCUT2D eigenvalue weighted by molar-refractivity contribution is 5.96. The second kappa shape index (κ2) is 9.29. The number of carbonyl (C=O) groups is 2. The van der Waals surface area contributed by atoms with Gasteiger partial charge in [-0.05, 0) is 71.8 Å². The SMILES string of the molecule is CC(=O)c1ccc(OCc2ccccn2)c(-c2ccc3c(c2)C(C(C)(C)C)N(C(=O)O)CC3)c1. The van der Waals surface area contributed by atoms with E-state index in [0.29, 0.717) is 30.9 Å². The molecule has 6 heteroatoms. The lowest BCUT2D eigenvalue weighted by Gasteiger charge is -2.43. The molecule has 0 aliphatic carbocycles. The fourth-order valence-corrected chi connectivity index (χ4v) is 4.66. The fraction of sp³-hybridized carbons (Fsp3) is 0.321. The molecule has 1 unspecified atom stereocenters. The quantitative estimate of drug-likeness (QED) is 0.464. The van der Waals surface area contributed by atoms with Crippen molar-refractivity contribution in [1.82, 2.24) is 9.88 Å². The third-order valence-electron chi connectivity index (χ3n) is 6.24. The van der Waals surface area contributed by atoms with E-state index in [-0.39, 0.29) is 17.2 Å². The van der Waals surface area contributed by atoms with Crippen molar-refractivity contribution in [3.63, 3.8) is 0 Å². The Morgan fingerprint density at radius 1 is 1.12 bits per heavy atom. The topological polar surface area (TPSA) is 79.7 Å². The predicted molar refractivity (Wildman–Crippen MR) is 131 cm³/mol. The number of amides is 1. The number of fused-ring (bicyclic) bond motifs is 1. The molecule has 1 atom stereocenters. The second-order valence-corrected chi connectivity index (χ2v) is 9.78. The number of carbonyl (C=O) groups excluding carboxylic acids is 1. The Balaban J connectivity index is 1.79. The zero-order chi connectivity index (χ0) is 24.5. The van der Waals surface area contributed by atoms with Gasteiger partial charge in [0.2, 0.25) is 0 Å². The first-order valence-electron chi connectivity index (χ1n) is 11.5. The summed E-state index contributed by atoms with van der Waals surface area (Å²) < 4.78 is 6.13. The molecule has 0 spiro atoms. The Morgan fingerprint density at radius 2 is 1.91 bits per heavy atom. The summed E-state index contributed by atoms with van der Waals surface area (Å²) in [6.45, 7) is 8.51. The zero-order valence-electron chi connectivity index (χ0n) is 20.0. The lowest BCUT2D eigenvalue weighted by Crippen LogP contribution is -2.44. The molecule has 34 heavy (non-hydrogen) atoms. The number of aromatic nitrogens is 1. The number of nitrogens with zero attached hydrogens (tertiary/aromatic N) is 2. The van der Waals surface area contributed by atoms with Gasteiger partial charge in [0.25, 0.3) is 0 Å². The number of hydrogen-bond acceptors (Lipinski definition) is 4. The Labute approximate surface area is 200 Å². The Kier molecular flexibility index (Phi) is 6.42. The standard InChI is InChI=1S/C28H30N2O4/c1-18(31)20-10-11-25(34-17-22-7-5-6-13-29-22)23(15-20)21-9-8-19-12-14-30(27(32)33)26(24(19)16-21)28(2,3)4/h5-11,13,15-16,26H,12,14,17H2,1-4H3,(H,32,33). The summed E-state index contributed by atoms with van der Waals surface area (Å²) in [5, 5.41) is 9.87. The molecule has 1 amide bonds. The highest BCUT2D eigenvalue weighted by Gasteiger charge is 2.38. The van der Waals surface area contributed by atoms with E-state index in [1.165, 1.54) is 4.90 Å². The number of rotatable bonds is 5. The summed E-state index contributed by atoms with van der Waals surface area (Å²) in [7, 11) is 0. The summed E-state index contributed by atoms with van der Waals surface area (Å²) in [5.41, 5.74) is 4.95. The van der Waals surface area contributed by atoms with Crippen molar-refractivity contribution in [3.8, 4) is 16.9 Å². The number of Topliss-reactive ketones (excluding diaryl/α,β-unsaturated/α-hetero) is 1. The first-order valence-corrected chi connectivity index (χ1v) is 11.5. The van der Waals surface area contributed by atoms with E-state index in [1.807, 2.05) is 36.4 Å². The van der Waals surface area contributed by atoms with Crippen LogP contribution in [0.15, 0.2) is 60.8 Å². The van der Waals surface area contributed by atoms with Gasteiger partial charge in [0.1, 0.15) is 12.4 Å². The molecule has 2 heterocycles. The van der Waals surface area contributed by atoms with Crippen LogP contribution in [0.4, 0.5) is 4.79 Å². The van der Waals surface area contributed by atoms with Gasteiger partial charge >= 0.3 is 6.09 Å². The van der Waals surface area contributed by atoms with Gasteiger partial charge in [-0.3, -0.25) is 9.78 Å². The lowest BCUT2D eigenvalue weighted by molar-refractivity contribution is 0.0759. The Bertz CT molecular complexity index is 1210. The molecule has 176 valence electrons. The molecule has 1 aromatic heterocycles. The number of pyridine rings is 1. The molecule has 6 nitrogen and oxygen atoms in total. The molecule has 0 bridgehead atoms. The average molecular weight is 459 g/mol. The lowest BCUT2D eigenvalue weighted by atomic mass is 9.76. The Hall–Kier alpha value is -3.67. The van der Waals surface area contributed by atoms with Gasteiger partial charge in [-0.1, -0.05) is 39.0 Å². The minimum Gasteiger partial charge on any atom is -0.487 e. The molecule has 3 aromatic rings. The van der Waals surface area contributed by atoms with E-state index in [1.54, 1.807) is 19.2 Å². The van der Waals surface area contributed by atoms with E-state index >= 15 is 0 Å². The van der Waals surface area contributed by atoms with E-state index < -0.39 is 6.09 Å². The van der Waals surface area contributed by atoms with Gasteiger partial charge in [-0.15, -0.1) is 0 Å². The van der Waals surface area contributed by atoms with Crippen molar-refractivity contribution in [3.05, 3.63) is 83.2 Å². The van der Waals surface area contributed by atoms with Crippen LogP contribution >= 0.6 is 0 Å².